The van der Waals surface area contributed by atoms with Gasteiger partial charge in [-0.15, -0.1) is 0 Å². The number of fused-ring (bicyclic) bond motifs is 2. The van der Waals surface area contributed by atoms with Gasteiger partial charge in [-0.2, -0.15) is 0 Å². The molecule has 0 amide bonds. The van der Waals surface area contributed by atoms with E-state index in [-0.39, 0.29) is 0 Å². The van der Waals surface area contributed by atoms with Crippen molar-refractivity contribution in [1.82, 2.24) is 0 Å². The van der Waals surface area contributed by atoms with Crippen LogP contribution < -0.4 is 0 Å². The summed E-state index contributed by atoms with van der Waals surface area (Å²) in [4.78, 5) is 0. The molecule has 0 aromatic heterocycles. The lowest BCUT2D eigenvalue weighted by Gasteiger charge is -2.55. The van der Waals surface area contributed by atoms with E-state index in [4.69, 9.17) is 0 Å². The molecule has 2 fully saturated rings. The van der Waals surface area contributed by atoms with Crippen molar-refractivity contribution in [3.05, 3.63) is 0 Å². The van der Waals surface area contributed by atoms with Crippen molar-refractivity contribution in [3.8, 4) is 0 Å². The molecule has 15 heavy (non-hydrogen) atoms. The number of rotatable bonds is 2. The van der Waals surface area contributed by atoms with E-state index in [2.05, 4.69) is 27.7 Å². The monoisotopic (exact) mass is 206 g/mol. The SMILES string of the molecule is CC(C)C12BC(C(C)C)(CCC1)CCC2. The van der Waals surface area contributed by atoms with E-state index in [0.717, 1.165) is 22.5 Å². The predicted molar refractivity (Wildman–Crippen MR) is 69.9 cm³/mol. The van der Waals surface area contributed by atoms with Crippen molar-refractivity contribution >= 4 is 7.28 Å². The molecule has 0 atom stereocenters. The van der Waals surface area contributed by atoms with E-state index in [1.165, 1.54) is 45.8 Å². The number of hydrogen-bond donors (Lipinski definition) is 0. The fraction of sp³-hybridized carbons (Fsp3) is 1.00. The molecule has 0 aromatic carbocycles. The molecule has 0 spiro atoms. The van der Waals surface area contributed by atoms with Crippen molar-refractivity contribution < 1.29 is 0 Å². The van der Waals surface area contributed by atoms with Crippen LogP contribution in [0.1, 0.15) is 66.2 Å². The van der Waals surface area contributed by atoms with Gasteiger partial charge in [-0.1, -0.05) is 76.8 Å². The Morgan fingerprint density at radius 1 is 0.733 bits per heavy atom. The Balaban J connectivity index is 2.24. The Labute approximate surface area is 96.5 Å². The van der Waals surface area contributed by atoms with Crippen LogP contribution in [0, 0.1) is 11.8 Å². The standard InChI is InChI=1S/C14H27B/c1-11(2)13-7-5-9-14(15-13,12(3)4)10-6-8-13/h11-12,15H,5-10H2,1-4H3. The van der Waals surface area contributed by atoms with Crippen LogP contribution in [-0.4, -0.2) is 7.28 Å². The molecular formula is C14H27B. The van der Waals surface area contributed by atoms with E-state index in [1.807, 2.05) is 0 Å². The molecule has 2 saturated heterocycles. The second kappa shape index (κ2) is 3.82. The molecule has 0 N–H and O–H groups in total. The van der Waals surface area contributed by atoms with E-state index >= 15 is 0 Å². The van der Waals surface area contributed by atoms with Crippen LogP contribution in [0.4, 0.5) is 0 Å². The van der Waals surface area contributed by atoms with Crippen molar-refractivity contribution in [1.29, 1.82) is 0 Å². The normalized spacial score (nSPS) is 40.7. The predicted octanol–water partition coefficient (Wildman–Crippen LogP) is 4.42. The van der Waals surface area contributed by atoms with Crippen LogP contribution in [0.15, 0.2) is 0 Å². The Morgan fingerprint density at radius 3 is 1.33 bits per heavy atom. The molecule has 2 aliphatic heterocycles. The van der Waals surface area contributed by atoms with Crippen LogP contribution in [0.5, 0.6) is 0 Å². The highest BCUT2D eigenvalue weighted by Gasteiger charge is 2.50. The van der Waals surface area contributed by atoms with Crippen molar-refractivity contribution in [2.24, 2.45) is 11.8 Å². The number of hydrogen-bond acceptors (Lipinski definition) is 0. The van der Waals surface area contributed by atoms with Gasteiger partial charge in [-0.05, 0) is 11.8 Å². The van der Waals surface area contributed by atoms with Crippen molar-refractivity contribution in [2.75, 3.05) is 0 Å². The highest BCUT2D eigenvalue weighted by molar-refractivity contribution is 6.45. The first-order valence-corrected chi connectivity index (χ1v) is 7.01. The van der Waals surface area contributed by atoms with Crippen LogP contribution in [0.3, 0.4) is 0 Å². The highest BCUT2D eigenvalue weighted by Crippen LogP contribution is 2.63. The minimum atomic E-state index is 0.723. The molecule has 0 aromatic rings. The molecule has 2 heterocycles. The fourth-order valence-corrected chi connectivity index (χ4v) is 4.45. The molecule has 2 rings (SSSR count). The summed E-state index contributed by atoms with van der Waals surface area (Å²) in [5, 5.41) is 1.45. The maximum Gasteiger partial charge on any atom is 0.136 e. The summed E-state index contributed by atoms with van der Waals surface area (Å²) in [6, 6.07) is 0. The first-order chi connectivity index (χ1) is 7.01. The second-order valence-corrected chi connectivity index (χ2v) is 6.92. The maximum atomic E-state index is 2.46. The molecule has 0 saturated carbocycles. The average molecular weight is 206 g/mol. The molecule has 0 aliphatic carbocycles. The Hall–Kier alpha value is 0.0649. The third kappa shape index (κ3) is 1.76. The summed E-state index contributed by atoms with van der Waals surface area (Å²) < 4.78 is 0. The van der Waals surface area contributed by atoms with E-state index in [9.17, 15) is 0 Å². The van der Waals surface area contributed by atoms with Gasteiger partial charge in [-0.25, -0.2) is 0 Å². The quantitative estimate of drug-likeness (QED) is 0.586. The lowest BCUT2D eigenvalue weighted by Crippen LogP contribution is -2.45. The third-order valence-corrected chi connectivity index (χ3v) is 5.85. The lowest BCUT2D eigenvalue weighted by atomic mass is 9.25. The van der Waals surface area contributed by atoms with Crippen LogP contribution in [0.2, 0.25) is 10.6 Å². The zero-order valence-corrected chi connectivity index (χ0v) is 11.1. The average Bonchev–Trinajstić information content (AvgIpc) is 2.17. The second-order valence-electron chi connectivity index (χ2n) is 6.92. The van der Waals surface area contributed by atoms with E-state index in [0.29, 0.717) is 0 Å². The lowest BCUT2D eigenvalue weighted by molar-refractivity contribution is 0.203. The highest BCUT2D eigenvalue weighted by atomic mass is 14.4. The molecule has 0 unspecified atom stereocenters. The van der Waals surface area contributed by atoms with E-state index < -0.39 is 0 Å². The largest absolute Gasteiger partial charge is 0.136 e. The van der Waals surface area contributed by atoms with Crippen molar-refractivity contribution in [3.63, 3.8) is 0 Å². The minimum absolute atomic E-state index is 0.723. The van der Waals surface area contributed by atoms with Gasteiger partial charge in [-0.3, -0.25) is 0 Å². The summed E-state index contributed by atoms with van der Waals surface area (Å²) >= 11 is 0. The van der Waals surface area contributed by atoms with Gasteiger partial charge >= 0.3 is 0 Å². The zero-order chi connectivity index (χ0) is 11.1. The van der Waals surface area contributed by atoms with Crippen LogP contribution in [-0.2, 0) is 0 Å². The van der Waals surface area contributed by atoms with E-state index in [1.54, 1.807) is 0 Å². The maximum absolute atomic E-state index is 2.46. The van der Waals surface area contributed by atoms with Gasteiger partial charge in [0.15, 0.2) is 0 Å². The molecule has 2 aliphatic rings. The summed E-state index contributed by atoms with van der Waals surface area (Å²) in [6.07, 6.45) is 9.04. The van der Waals surface area contributed by atoms with Gasteiger partial charge < -0.3 is 0 Å². The van der Waals surface area contributed by atoms with Gasteiger partial charge in [0, 0.05) is 0 Å². The van der Waals surface area contributed by atoms with Gasteiger partial charge in [0.05, 0.1) is 0 Å². The van der Waals surface area contributed by atoms with Gasteiger partial charge in [0.25, 0.3) is 0 Å². The Kier molecular flexibility index (Phi) is 2.94. The van der Waals surface area contributed by atoms with Crippen molar-refractivity contribution in [2.45, 2.75) is 76.8 Å². The summed E-state index contributed by atoms with van der Waals surface area (Å²) in [5.74, 6) is 1.80. The fourth-order valence-electron chi connectivity index (χ4n) is 4.45. The molecule has 0 nitrogen and oxygen atoms in total. The summed E-state index contributed by atoms with van der Waals surface area (Å²) in [5.41, 5.74) is 0. The topological polar surface area (TPSA) is 0 Å². The molecule has 2 bridgehead atoms. The molecule has 1 heteroatoms. The zero-order valence-electron chi connectivity index (χ0n) is 11.1. The Bertz CT molecular complexity index is 197. The summed E-state index contributed by atoms with van der Waals surface area (Å²) in [6.45, 7) is 9.84. The third-order valence-electron chi connectivity index (χ3n) is 5.85. The Morgan fingerprint density at radius 2 is 1.07 bits per heavy atom. The van der Waals surface area contributed by atoms with Crippen LogP contribution in [0.25, 0.3) is 0 Å². The molecular weight excluding hydrogens is 179 g/mol. The molecule has 0 radical (unpaired) electrons. The van der Waals surface area contributed by atoms with Gasteiger partial charge in [0.2, 0.25) is 0 Å². The van der Waals surface area contributed by atoms with Gasteiger partial charge in [0.1, 0.15) is 7.28 Å². The molecule has 86 valence electrons. The summed E-state index contributed by atoms with van der Waals surface area (Å²) in [7, 11) is 1.54. The minimum Gasteiger partial charge on any atom is -0.0629 e. The van der Waals surface area contributed by atoms with Crippen LogP contribution >= 0.6 is 0 Å². The first-order valence-electron chi connectivity index (χ1n) is 7.01. The smallest absolute Gasteiger partial charge is 0.0629 e. The first kappa shape index (κ1) is 11.5.